The van der Waals surface area contributed by atoms with Crippen LogP contribution >= 0.6 is 0 Å². The van der Waals surface area contributed by atoms with E-state index in [9.17, 15) is 18.0 Å². The van der Waals surface area contributed by atoms with E-state index >= 15 is 0 Å². The first-order valence-electron chi connectivity index (χ1n) is 5.38. The molecule has 0 atom stereocenters. The van der Waals surface area contributed by atoms with Crippen molar-refractivity contribution in [2.75, 3.05) is 30.8 Å². The molecule has 0 unspecified atom stereocenters. The van der Waals surface area contributed by atoms with Crippen molar-refractivity contribution in [1.29, 1.82) is 0 Å². The second kappa shape index (κ2) is 6.28. The van der Waals surface area contributed by atoms with Gasteiger partial charge in [-0.25, -0.2) is 0 Å². The molecule has 1 rings (SSSR count). The highest BCUT2D eigenvalue weighted by Crippen LogP contribution is 2.22. The summed E-state index contributed by atoms with van der Waals surface area (Å²) in [4.78, 5) is 11.0. The molecule has 0 bridgehead atoms. The van der Waals surface area contributed by atoms with Crippen LogP contribution in [-0.4, -0.2) is 31.8 Å². The van der Waals surface area contributed by atoms with E-state index in [1.807, 2.05) is 0 Å². The highest BCUT2D eigenvalue weighted by atomic mass is 19.4. The number of ether oxygens (including phenoxy) is 1. The Morgan fingerprint density at radius 3 is 2.63 bits per heavy atom. The molecule has 0 spiro atoms. The minimum Gasteiger partial charge on any atom is -0.396 e. The van der Waals surface area contributed by atoms with Gasteiger partial charge < -0.3 is 21.5 Å². The fourth-order valence-corrected chi connectivity index (χ4v) is 1.38. The molecule has 1 aromatic rings. The SMILES string of the molecule is NC(=O)c1cccc(NCCOCC(F)(F)F)c1N. The standard InChI is InChI=1S/C11H14F3N3O2/c12-11(13,14)6-19-5-4-17-8-3-1-2-7(9(8)15)10(16)18/h1-3,17H,4-6,15H2,(H2,16,18). The second-order valence-electron chi connectivity index (χ2n) is 3.73. The quantitative estimate of drug-likeness (QED) is 0.541. The van der Waals surface area contributed by atoms with E-state index in [0.29, 0.717) is 5.69 Å². The van der Waals surface area contributed by atoms with E-state index < -0.39 is 18.7 Å². The van der Waals surface area contributed by atoms with Crippen LogP contribution in [0.15, 0.2) is 18.2 Å². The minimum atomic E-state index is -4.34. The lowest BCUT2D eigenvalue weighted by molar-refractivity contribution is -0.172. The molecule has 5 nitrogen and oxygen atoms in total. The van der Waals surface area contributed by atoms with Gasteiger partial charge in [-0.15, -0.1) is 0 Å². The zero-order chi connectivity index (χ0) is 14.5. The van der Waals surface area contributed by atoms with E-state index in [4.69, 9.17) is 11.5 Å². The molecular weight excluding hydrogens is 263 g/mol. The van der Waals surface area contributed by atoms with E-state index in [0.717, 1.165) is 0 Å². The van der Waals surface area contributed by atoms with Crippen molar-refractivity contribution in [3.63, 3.8) is 0 Å². The molecule has 19 heavy (non-hydrogen) atoms. The highest BCUT2D eigenvalue weighted by molar-refractivity contribution is 6.00. The normalized spacial score (nSPS) is 11.3. The summed E-state index contributed by atoms with van der Waals surface area (Å²) in [6, 6.07) is 4.61. The van der Waals surface area contributed by atoms with Crippen molar-refractivity contribution < 1.29 is 22.7 Å². The summed E-state index contributed by atoms with van der Waals surface area (Å²) in [6.07, 6.45) is -4.34. The molecule has 0 saturated heterocycles. The number of benzene rings is 1. The Morgan fingerprint density at radius 2 is 2.05 bits per heavy atom. The number of amides is 1. The zero-order valence-corrected chi connectivity index (χ0v) is 9.96. The van der Waals surface area contributed by atoms with Crippen LogP contribution in [0.1, 0.15) is 10.4 Å². The Morgan fingerprint density at radius 1 is 1.37 bits per heavy atom. The maximum absolute atomic E-state index is 11.8. The van der Waals surface area contributed by atoms with E-state index in [-0.39, 0.29) is 24.4 Å². The molecule has 8 heteroatoms. The van der Waals surface area contributed by atoms with Gasteiger partial charge in [0.15, 0.2) is 0 Å². The number of anilines is 2. The molecule has 0 radical (unpaired) electrons. The molecule has 106 valence electrons. The fourth-order valence-electron chi connectivity index (χ4n) is 1.38. The largest absolute Gasteiger partial charge is 0.411 e. The number of carbonyl (C=O) groups is 1. The predicted molar refractivity (Wildman–Crippen MR) is 64.7 cm³/mol. The summed E-state index contributed by atoms with van der Waals surface area (Å²) in [7, 11) is 0. The Bertz CT molecular complexity index is 449. The van der Waals surface area contributed by atoms with Crippen LogP contribution in [0.25, 0.3) is 0 Å². The number of hydrogen-bond donors (Lipinski definition) is 3. The first-order chi connectivity index (χ1) is 8.81. The lowest BCUT2D eigenvalue weighted by Gasteiger charge is -2.12. The highest BCUT2D eigenvalue weighted by Gasteiger charge is 2.27. The number of nitrogens with two attached hydrogens (primary N) is 2. The van der Waals surface area contributed by atoms with E-state index in [1.54, 1.807) is 12.1 Å². The van der Waals surface area contributed by atoms with Gasteiger partial charge in [0.25, 0.3) is 5.91 Å². The van der Waals surface area contributed by atoms with Gasteiger partial charge in [0.05, 0.1) is 23.5 Å². The fraction of sp³-hybridized carbons (Fsp3) is 0.364. The van der Waals surface area contributed by atoms with Gasteiger partial charge >= 0.3 is 6.18 Å². The van der Waals surface area contributed by atoms with E-state index in [1.165, 1.54) is 6.07 Å². The van der Waals surface area contributed by atoms with Gasteiger partial charge in [0, 0.05) is 6.54 Å². The zero-order valence-electron chi connectivity index (χ0n) is 9.96. The summed E-state index contributed by atoms with van der Waals surface area (Å²) in [5.74, 6) is -0.672. The van der Waals surface area contributed by atoms with Gasteiger partial charge in [-0.2, -0.15) is 13.2 Å². The van der Waals surface area contributed by atoms with E-state index in [2.05, 4.69) is 10.1 Å². The number of alkyl halides is 3. The van der Waals surface area contributed by atoms with Crippen molar-refractivity contribution in [2.24, 2.45) is 5.73 Å². The molecule has 5 N–H and O–H groups in total. The van der Waals surface area contributed by atoms with Crippen LogP contribution in [0, 0.1) is 0 Å². The number of nitrogen functional groups attached to an aromatic ring is 1. The molecule has 0 aliphatic heterocycles. The average molecular weight is 277 g/mol. The summed E-state index contributed by atoms with van der Waals surface area (Å²) in [5.41, 5.74) is 11.5. The second-order valence-corrected chi connectivity index (χ2v) is 3.73. The number of para-hydroxylation sites is 1. The summed E-state index contributed by atoms with van der Waals surface area (Å²) in [5, 5.41) is 2.77. The van der Waals surface area contributed by atoms with Crippen LogP contribution in [0.2, 0.25) is 0 Å². The van der Waals surface area contributed by atoms with Crippen molar-refractivity contribution >= 4 is 17.3 Å². The molecule has 0 fully saturated rings. The summed E-state index contributed by atoms with van der Waals surface area (Å²) >= 11 is 0. The number of carbonyl (C=O) groups excluding carboxylic acids is 1. The third kappa shape index (κ3) is 5.04. The smallest absolute Gasteiger partial charge is 0.396 e. The van der Waals surface area contributed by atoms with Crippen LogP contribution in [0.3, 0.4) is 0 Å². The molecule has 0 aliphatic rings. The number of halogens is 3. The monoisotopic (exact) mass is 277 g/mol. The molecule has 0 aliphatic carbocycles. The Hall–Kier alpha value is -1.96. The molecule has 1 aromatic carbocycles. The minimum absolute atomic E-state index is 0.127. The van der Waals surface area contributed by atoms with Crippen molar-refractivity contribution in [2.45, 2.75) is 6.18 Å². The van der Waals surface area contributed by atoms with Gasteiger partial charge in [-0.05, 0) is 12.1 Å². The summed E-state index contributed by atoms with van der Waals surface area (Å²) in [6.45, 7) is -1.31. The van der Waals surface area contributed by atoms with Crippen LogP contribution in [-0.2, 0) is 4.74 Å². The molecule has 0 aromatic heterocycles. The molecule has 1 amide bonds. The average Bonchev–Trinajstić information content (AvgIpc) is 2.28. The number of nitrogens with one attached hydrogen (secondary N) is 1. The first-order valence-corrected chi connectivity index (χ1v) is 5.38. The number of primary amides is 1. The Balaban J connectivity index is 2.46. The van der Waals surface area contributed by atoms with Crippen LogP contribution < -0.4 is 16.8 Å². The van der Waals surface area contributed by atoms with Gasteiger partial charge in [-0.3, -0.25) is 4.79 Å². The van der Waals surface area contributed by atoms with Crippen LogP contribution in [0.4, 0.5) is 24.5 Å². The molecular formula is C11H14F3N3O2. The summed E-state index contributed by atoms with van der Waals surface area (Å²) < 4.78 is 39.8. The Kier molecular flexibility index (Phi) is 4.99. The number of hydrogen-bond acceptors (Lipinski definition) is 4. The lowest BCUT2D eigenvalue weighted by atomic mass is 10.1. The van der Waals surface area contributed by atoms with Crippen molar-refractivity contribution in [3.8, 4) is 0 Å². The van der Waals surface area contributed by atoms with Crippen molar-refractivity contribution in [1.82, 2.24) is 0 Å². The maximum atomic E-state index is 11.8. The lowest BCUT2D eigenvalue weighted by Crippen LogP contribution is -2.20. The van der Waals surface area contributed by atoms with Gasteiger partial charge in [0.1, 0.15) is 6.61 Å². The van der Waals surface area contributed by atoms with Gasteiger partial charge in [0.2, 0.25) is 0 Å². The third-order valence-electron chi connectivity index (χ3n) is 2.20. The third-order valence-corrected chi connectivity index (χ3v) is 2.20. The molecule has 0 heterocycles. The van der Waals surface area contributed by atoms with Crippen molar-refractivity contribution in [3.05, 3.63) is 23.8 Å². The number of rotatable bonds is 6. The predicted octanol–water partition coefficient (Wildman–Crippen LogP) is 1.36. The van der Waals surface area contributed by atoms with Crippen LogP contribution in [0.5, 0.6) is 0 Å². The Labute approximate surface area is 107 Å². The van der Waals surface area contributed by atoms with Gasteiger partial charge in [-0.1, -0.05) is 6.07 Å². The topological polar surface area (TPSA) is 90.4 Å². The molecule has 0 saturated carbocycles. The first kappa shape index (κ1) is 15.1. The maximum Gasteiger partial charge on any atom is 0.411 e.